The molecule has 22 heavy (non-hydrogen) atoms. The van der Waals surface area contributed by atoms with E-state index >= 15 is 0 Å². The summed E-state index contributed by atoms with van der Waals surface area (Å²) in [5.74, 6) is 1.81. The SMILES string of the molecule is CC(C)c1ccc(-c2cc(OC(N)=O)cc3c2OCC3)cc1. The lowest BCUT2D eigenvalue weighted by atomic mass is 9.97. The van der Waals surface area contributed by atoms with Crippen LogP contribution in [0.4, 0.5) is 4.79 Å². The highest BCUT2D eigenvalue weighted by Crippen LogP contribution is 2.40. The van der Waals surface area contributed by atoms with Crippen molar-refractivity contribution in [3.05, 3.63) is 47.5 Å². The second kappa shape index (κ2) is 5.72. The van der Waals surface area contributed by atoms with E-state index < -0.39 is 6.09 Å². The largest absolute Gasteiger partial charge is 0.492 e. The average molecular weight is 297 g/mol. The molecule has 0 fully saturated rings. The molecule has 0 radical (unpaired) electrons. The molecule has 0 saturated carbocycles. The lowest BCUT2D eigenvalue weighted by Crippen LogP contribution is -2.16. The van der Waals surface area contributed by atoms with Crippen molar-refractivity contribution >= 4 is 6.09 Å². The Hall–Kier alpha value is -2.49. The van der Waals surface area contributed by atoms with E-state index in [2.05, 4.69) is 38.1 Å². The number of amides is 1. The van der Waals surface area contributed by atoms with Gasteiger partial charge in [-0.3, -0.25) is 0 Å². The van der Waals surface area contributed by atoms with Crippen LogP contribution >= 0.6 is 0 Å². The summed E-state index contributed by atoms with van der Waals surface area (Å²) in [6, 6.07) is 12.0. The lowest BCUT2D eigenvalue weighted by Gasteiger charge is -2.12. The molecule has 0 spiro atoms. The number of carbonyl (C=O) groups excluding carboxylic acids is 1. The number of hydrogen-bond acceptors (Lipinski definition) is 3. The van der Waals surface area contributed by atoms with Gasteiger partial charge in [-0.2, -0.15) is 0 Å². The van der Waals surface area contributed by atoms with Gasteiger partial charge in [0, 0.05) is 17.5 Å². The fourth-order valence-electron chi connectivity index (χ4n) is 2.72. The molecule has 4 heteroatoms. The van der Waals surface area contributed by atoms with Crippen molar-refractivity contribution in [2.45, 2.75) is 26.2 Å². The zero-order chi connectivity index (χ0) is 15.7. The molecule has 0 unspecified atom stereocenters. The first-order chi connectivity index (χ1) is 10.5. The second-order valence-corrected chi connectivity index (χ2v) is 5.76. The topological polar surface area (TPSA) is 61.5 Å². The number of benzene rings is 2. The van der Waals surface area contributed by atoms with E-state index in [-0.39, 0.29) is 0 Å². The van der Waals surface area contributed by atoms with Crippen molar-refractivity contribution in [1.82, 2.24) is 0 Å². The minimum atomic E-state index is -0.806. The summed E-state index contributed by atoms with van der Waals surface area (Å²) in [5.41, 5.74) is 9.42. The van der Waals surface area contributed by atoms with Crippen LogP contribution in [0.15, 0.2) is 36.4 Å². The van der Waals surface area contributed by atoms with E-state index in [0.29, 0.717) is 18.3 Å². The quantitative estimate of drug-likeness (QED) is 0.935. The third-order valence-corrected chi connectivity index (χ3v) is 3.86. The molecule has 2 aromatic carbocycles. The van der Waals surface area contributed by atoms with Gasteiger partial charge in [-0.15, -0.1) is 0 Å². The van der Waals surface area contributed by atoms with Gasteiger partial charge >= 0.3 is 6.09 Å². The van der Waals surface area contributed by atoms with Gasteiger partial charge in [0.05, 0.1) is 6.61 Å². The molecule has 2 aromatic rings. The van der Waals surface area contributed by atoms with E-state index in [1.165, 1.54) is 5.56 Å². The molecule has 1 heterocycles. The number of hydrogen-bond donors (Lipinski definition) is 1. The fraction of sp³-hybridized carbons (Fsp3) is 0.278. The number of fused-ring (bicyclic) bond motifs is 1. The molecule has 2 N–H and O–H groups in total. The molecule has 1 aliphatic heterocycles. The highest BCUT2D eigenvalue weighted by Gasteiger charge is 2.20. The molecule has 3 rings (SSSR count). The van der Waals surface area contributed by atoms with Crippen molar-refractivity contribution in [3.63, 3.8) is 0 Å². The van der Waals surface area contributed by atoms with Crippen molar-refractivity contribution in [2.24, 2.45) is 5.73 Å². The molecular formula is C18H19NO3. The first kappa shape index (κ1) is 14.4. The number of nitrogens with two attached hydrogens (primary N) is 1. The lowest BCUT2D eigenvalue weighted by molar-refractivity contribution is 0.211. The van der Waals surface area contributed by atoms with Crippen LogP contribution in [-0.4, -0.2) is 12.7 Å². The molecule has 0 saturated heterocycles. The molecular weight excluding hydrogens is 278 g/mol. The van der Waals surface area contributed by atoms with E-state index in [4.69, 9.17) is 15.2 Å². The van der Waals surface area contributed by atoms with E-state index in [1.807, 2.05) is 6.07 Å². The molecule has 0 bridgehead atoms. The number of ether oxygens (including phenoxy) is 2. The predicted octanol–water partition coefficient (Wildman–Crippen LogP) is 3.87. The minimum absolute atomic E-state index is 0.458. The monoisotopic (exact) mass is 297 g/mol. The Morgan fingerprint density at radius 2 is 1.95 bits per heavy atom. The van der Waals surface area contributed by atoms with Crippen molar-refractivity contribution < 1.29 is 14.3 Å². The van der Waals surface area contributed by atoms with Crippen molar-refractivity contribution in [3.8, 4) is 22.6 Å². The Bertz CT molecular complexity index is 705. The van der Waals surface area contributed by atoms with Gasteiger partial charge in [-0.1, -0.05) is 38.1 Å². The van der Waals surface area contributed by atoms with Crippen LogP contribution in [0, 0.1) is 0 Å². The summed E-state index contributed by atoms with van der Waals surface area (Å²) in [6.45, 7) is 4.97. The number of primary amides is 1. The number of carbonyl (C=O) groups is 1. The van der Waals surface area contributed by atoms with E-state index in [1.54, 1.807) is 6.07 Å². The molecule has 0 atom stereocenters. The summed E-state index contributed by atoms with van der Waals surface area (Å²) < 4.78 is 10.8. The zero-order valence-corrected chi connectivity index (χ0v) is 12.8. The van der Waals surface area contributed by atoms with Crippen LogP contribution in [0.3, 0.4) is 0 Å². The standard InChI is InChI=1S/C18H19NO3/c1-11(2)12-3-5-13(6-4-12)16-10-15(22-18(19)20)9-14-7-8-21-17(14)16/h3-6,9-11H,7-8H2,1-2H3,(H2,19,20). The first-order valence-corrected chi connectivity index (χ1v) is 7.42. The number of rotatable bonds is 3. The predicted molar refractivity (Wildman–Crippen MR) is 85.4 cm³/mol. The Kier molecular flexibility index (Phi) is 3.75. The molecule has 1 amide bonds. The maximum atomic E-state index is 11.0. The van der Waals surface area contributed by atoms with Gasteiger partial charge in [-0.25, -0.2) is 4.79 Å². The van der Waals surface area contributed by atoms with Crippen LogP contribution < -0.4 is 15.2 Å². The summed E-state index contributed by atoms with van der Waals surface area (Å²) in [4.78, 5) is 11.0. The van der Waals surface area contributed by atoms with Crippen LogP contribution in [0.2, 0.25) is 0 Å². The summed E-state index contributed by atoms with van der Waals surface area (Å²) in [6.07, 6.45) is 0.00233. The third kappa shape index (κ3) is 2.77. The Balaban J connectivity index is 2.05. The van der Waals surface area contributed by atoms with Gasteiger partial charge in [0.1, 0.15) is 11.5 Å². The van der Waals surface area contributed by atoms with Crippen LogP contribution in [0.25, 0.3) is 11.1 Å². The highest BCUT2D eigenvalue weighted by molar-refractivity contribution is 5.76. The maximum Gasteiger partial charge on any atom is 0.409 e. The minimum Gasteiger partial charge on any atom is -0.492 e. The smallest absolute Gasteiger partial charge is 0.409 e. The third-order valence-electron chi connectivity index (χ3n) is 3.86. The van der Waals surface area contributed by atoms with Crippen LogP contribution in [-0.2, 0) is 6.42 Å². The van der Waals surface area contributed by atoms with Gasteiger partial charge in [-0.05, 0) is 29.2 Å². The Labute approximate surface area is 129 Å². The van der Waals surface area contributed by atoms with Gasteiger partial charge in [0.25, 0.3) is 0 Å². The Morgan fingerprint density at radius 1 is 1.23 bits per heavy atom. The summed E-state index contributed by atoms with van der Waals surface area (Å²) in [7, 11) is 0. The molecule has 0 aromatic heterocycles. The first-order valence-electron chi connectivity index (χ1n) is 7.42. The van der Waals surface area contributed by atoms with Crippen LogP contribution in [0.5, 0.6) is 11.5 Å². The normalized spacial score (nSPS) is 12.9. The summed E-state index contributed by atoms with van der Waals surface area (Å²) in [5, 5.41) is 0. The maximum absolute atomic E-state index is 11.0. The van der Waals surface area contributed by atoms with Gasteiger partial charge in [0.15, 0.2) is 0 Å². The second-order valence-electron chi connectivity index (χ2n) is 5.76. The van der Waals surface area contributed by atoms with Crippen molar-refractivity contribution in [1.29, 1.82) is 0 Å². The van der Waals surface area contributed by atoms with E-state index in [9.17, 15) is 4.79 Å². The Morgan fingerprint density at radius 3 is 2.59 bits per heavy atom. The van der Waals surface area contributed by atoms with E-state index in [0.717, 1.165) is 28.9 Å². The molecule has 0 aliphatic carbocycles. The van der Waals surface area contributed by atoms with Gasteiger partial charge in [0.2, 0.25) is 0 Å². The summed E-state index contributed by atoms with van der Waals surface area (Å²) >= 11 is 0. The molecule has 4 nitrogen and oxygen atoms in total. The zero-order valence-electron chi connectivity index (χ0n) is 12.8. The van der Waals surface area contributed by atoms with Crippen LogP contribution in [0.1, 0.15) is 30.9 Å². The molecule has 1 aliphatic rings. The highest BCUT2D eigenvalue weighted by atomic mass is 16.5. The van der Waals surface area contributed by atoms with Crippen molar-refractivity contribution in [2.75, 3.05) is 6.61 Å². The fourth-order valence-corrected chi connectivity index (χ4v) is 2.72. The van der Waals surface area contributed by atoms with Gasteiger partial charge < -0.3 is 15.2 Å². The molecule has 114 valence electrons. The average Bonchev–Trinajstić information content (AvgIpc) is 2.94.